The molecule has 2 N–H and O–H groups in total. The molecule has 0 saturated carbocycles. The quantitative estimate of drug-likeness (QED) is 0.847. The number of aromatic nitrogens is 2. The van der Waals surface area contributed by atoms with E-state index in [4.69, 9.17) is 4.74 Å². The molecule has 0 unspecified atom stereocenters. The van der Waals surface area contributed by atoms with Crippen LogP contribution in [-0.2, 0) is 15.1 Å². The van der Waals surface area contributed by atoms with E-state index in [2.05, 4.69) is 10.4 Å². The number of nitrogens with one attached hydrogen (secondary N) is 1. The zero-order valence-electron chi connectivity index (χ0n) is 14.2. The van der Waals surface area contributed by atoms with Crippen molar-refractivity contribution in [2.45, 2.75) is 33.2 Å². The molecule has 1 aromatic heterocycles. The summed E-state index contributed by atoms with van der Waals surface area (Å²) in [5, 5.41) is 15.8. The third-order valence-electron chi connectivity index (χ3n) is 3.72. The number of hydrogen-bond donors (Lipinski definition) is 2. The van der Waals surface area contributed by atoms with E-state index < -0.39 is 11.5 Å². The highest BCUT2D eigenvalue weighted by atomic mass is 16.5. The molecular weight excluding hydrogens is 310 g/mol. The van der Waals surface area contributed by atoms with Crippen molar-refractivity contribution < 1.29 is 19.4 Å². The highest BCUT2D eigenvalue weighted by molar-refractivity contribution is 5.91. The molecule has 0 saturated heterocycles. The number of aryl methyl sites for hydroxylation is 2. The van der Waals surface area contributed by atoms with Crippen LogP contribution in [0.1, 0.15) is 25.0 Å². The van der Waals surface area contributed by atoms with E-state index in [9.17, 15) is 14.7 Å². The van der Waals surface area contributed by atoms with Gasteiger partial charge >= 0.3 is 5.97 Å². The molecule has 0 aliphatic rings. The van der Waals surface area contributed by atoms with Gasteiger partial charge in [0.2, 0.25) is 0 Å². The van der Waals surface area contributed by atoms with Gasteiger partial charge in [0, 0.05) is 6.20 Å². The standard InChI is InChI=1S/C17H21N3O4/c1-11-6-5-7-12(2)15(11)24-10-14(21)19-13-8-18-20(9-13)17(3,4)16(22)23/h5-9H,10H2,1-4H3,(H,19,21)(H,22,23). The molecule has 2 rings (SSSR count). The molecule has 1 amide bonds. The summed E-state index contributed by atoms with van der Waals surface area (Å²) in [6, 6.07) is 5.76. The average Bonchev–Trinajstić information content (AvgIpc) is 2.95. The maximum absolute atomic E-state index is 12.0. The van der Waals surface area contributed by atoms with Gasteiger partial charge in [-0.2, -0.15) is 5.10 Å². The smallest absolute Gasteiger partial charge is 0.331 e. The Morgan fingerprint density at radius 1 is 1.29 bits per heavy atom. The Labute approximate surface area is 140 Å². The van der Waals surface area contributed by atoms with Crippen LogP contribution in [0, 0.1) is 13.8 Å². The fourth-order valence-corrected chi connectivity index (χ4v) is 2.15. The number of carboxylic acid groups (broad SMARTS) is 1. The third-order valence-corrected chi connectivity index (χ3v) is 3.72. The van der Waals surface area contributed by atoms with Gasteiger partial charge in [-0.05, 0) is 38.8 Å². The molecule has 1 aromatic carbocycles. The minimum atomic E-state index is -1.20. The van der Waals surface area contributed by atoms with Crippen molar-refractivity contribution in [1.29, 1.82) is 0 Å². The first-order chi connectivity index (χ1) is 11.2. The molecule has 0 fully saturated rings. The van der Waals surface area contributed by atoms with Gasteiger partial charge in [-0.3, -0.25) is 9.48 Å². The Balaban J connectivity index is 1.99. The molecule has 0 bridgehead atoms. The summed E-state index contributed by atoms with van der Waals surface area (Å²) in [5.74, 6) is -0.664. The van der Waals surface area contributed by atoms with Crippen LogP contribution in [0.2, 0.25) is 0 Å². The second-order valence-corrected chi connectivity index (χ2v) is 6.10. The summed E-state index contributed by atoms with van der Waals surface area (Å²) >= 11 is 0. The summed E-state index contributed by atoms with van der Waals surface area (Å²) < 4.78 is 6.87. The van der Waals surface area contributed by atoms with E-state index in [0.717, 1.165) is 11.1 Å². The molecule has 0 aliphatic carbocycles. The van der Waals surface area contributed by atoms with Crippen LogP contribution >= 0.6 is 0 Å². The second kappa shape index (κ2) is 6.74. The molecule has 0 spiro atoms. The van der Waals surface area contributed by atoms with Crippen molar-refractivity contribution in [2.24, 2.45) is 0 Å². The Kier molecular flexibility index (Phi) is 4.92. The molecule has 0 radical (unpaired) electrons. The Morgan fingerprint density at radius 2 is 1.92 bits per heavy atom. The molecular formula is C17H21N3O4. The van der Waals surface area contributed by atoms with Crippen molar-refractivity contribution in [3.05, 3.63) is 41.7 Å². The lowest BCUT2D eigenvalue weighted by Gasteiger charge is -2.19. The zero-order valence-corrected chi connectivity index (χ0v) is 14.2. The van der Waals surface area contributed by atoms with Crippen LogP contribution in [0.5, 0.6) is 5.75 Å². The van der Waals surface area contributed by atoms with E-state index in [1.54, 1.807) is 0 Å². The van der Waals surface area contributed by atoms with Gasteiger partial charge in [0.25, 0.3) is 5.91 Å². The first kappa shape index (κ1) is 17.5. The maximum Gasteiger partial charge on any atom is 0.331 e. The maximum atomic E-state index is 12.0. The van der Waals surface area contributed by atoms with E-state index in [1.807, 2.05) is 32.0 Å². The number of benzene rings is 1. The number of carbonyl (C=O) groups is 2. The number of carbonyl (C=O) groups excluding carboxylic acids is 1. The topological polar surface area (TPSA) is 93.5 Å². The minimum absolute atomic E-state index is 0.140. The number of anilines is 1. The number of nitrogens with zero attached hydrogens (tertiary/aromatic N) is 2. The number of rotatable bonds is 6. The van der Waals surface area contributed by atoms with E-state index in [0.29, 0.717) is 11.4 Å². The van der Waals surface area contributed by atoms with Gasteiger partial charge < -0.3 is 15.2 Å². The third kappa shape index (κ3) is 3.73. The lowest BCUT2D eigenvalue weighted by Crippen LogP contribution is -2.35. The number of para-hydroxylation sites is 1. The Bertz CT molecular complexity index is 745. The van der Waals surface area contributed by atoms with E-state index in [1.165, 1.54) is 30.9 Å². The molecule has 7 nitrogen and oxygen atoms in total. The van der Waals surface area contributed by atoms with Gasteiger partial charge in [-0.1, -0.05) is 18.2 Å². The predicted octanol–water partition coefficient (Wildman–Crippen LogP) is 2.34. The summed E-state index contributed by atoms with van der Waals surface area (Å²) in [6.07, 6.45) is 2.88. The highest BCUT2D eigenvalue weighted by Crippen LogP contribution is 2.22. The second-order valence-electron chi connectivity index (χ2n) is 6.10. The van der Waals surface area contributed by atoms with Gasteiger partial charge in [0.1, 0.15) is 5.75 Å². The summed E-state index contributed by atoms with van der Waals surface area (Å²) in [5.41, 5.74) is 1.13. The van der Waals surface area contributed by atoms with E-state index in [-0.39, 0.29) is 12.5 Å². The van der Waals surface area contributed by atoms with Crippen molar-refractivity contribution in [2.75, 3.05) is 11.9 Å². The van der Waals surface area contributed by atoms with E-state index >= 15 is 0 Å². The highest BCUT2D eigenvalue weighted by Gasteiger charge is 2.30. The summed E-state index contributed by atoms with van der Waals surface area (Å²) in [4.78, 5) is 23.2. The van der Waals surface area contributed by atoms with Crippen LogP contribution < -0.4 is 10.1 Å². The van der Waals surface area contributed by atoms with Gasteiger partial charge in [0.05, 0.1) is 11.9 Å². The largest absolute Gasteiger partial charge is 0.483 e. The van der Waals surface area contributed by atoms with Crippen LogP contribution in [0.4, 0.5) is 5.69 Å². The first-order valence-electron chi connectivity index (χ1n) is 7.49. The summed E-state index contributed by atoms with van der Waals surface area (Å²) in [6.45, 7) is 6.74. The van der Waals surface area contributed by atoms with Crippen LogP contribution in [0.25, 0.3) is 0 Å². The fourth-order valence-electron chi connectivity index (χ4n) is 2.15. The number of carboxylic acids is 1. The molecule has 2 aromatic rings. The summed E-state index contributed by atoms with van der Waals surface area (Å²) in [7, 11) is 0. The normalized spacial score (nSPS) is 11.2. The SMILES string of the molecule is Cc1cccc(C)c1OCC(=O)Nc1cnn(C(C)(C)C(=O)O)c1. The van der Waals surface area contributed by atoms with Crippen LogP contribution in [0.15, 0.2) is 30.6 Å². The molecule has 7 heteroatoms. The first-order valence-corrected chi connectivity index (χ1v) is 7.49. The monoisotopic (exact) mass is 331 g/mol. The lowest BCUT2D eigenvalue weighted by molar-refractivity contribution is -0.146. The Morgan fingerprint density at radius 3 is 2.50 bits per heavy atom. The molecule has 1 heterocycles. The number of aliphatic carboxylic acids is 1. The minimum Gasteiger partial charge on any atom is -0.483 e. The van der Waals surface area contributed by atoms with Crippen molar-refractivity contribution in [1.82, 2.24) is 9.78 Å². The number of hydrogen-bond acceptors (Lipinski definition) is 4. The molecule has 128 valence electrons. The zero-order chi connectivity index (χ0) is 17.9. The molecule has 0 atom stereocenters. The Hall–Kier alpha value is -2.83. The lowest BCUT2D eigenvalue weighted by atomic mass is 10.1. The molecule has 0 aliphatic heterocycles. The number of ether oxygens (including phenoxy) is 1. The van der Waals surface area contributed by atoms with Gasteiger partial charge in [-0.15, -0.1) is 0 Å². The molecule has 24 heavy (non-hydrogen) atoms. The van der Waals surface area contributed by atoms with Crippen molar-refractivity contribution in [3.8, 4) is 5.75 Å². The number of amides is 1. The van der Waals surface area contributed by atoms with Crippen LogP contribution in [0.3, 0.4) is 0 Å². The van der Waals surface area contributed by atoms with Crippen molar-refractivity contribution in [3.63, 3.8) is 0 Å². The average molecular weight is 331 g/mol. The fraction of sp³-hybridized carbons (Fsp3) is 0.353. The van der Waals surface area contributed by atoms with Crippen molar-refractivity contribution >= 4 is 17.6 Å². The van der Waals surface area contributed by atoms with Gasteiger partial charge in [0.15, 0.2) is 12.1 Å². The van der Waals surface area contributed by atoms with Crippen LogP contribution in [-0.4, -0.2) is 33.4 Å². The van der Waals surface area contributed by atoms with Gasteiger partial charge in [-0.25, -0.2) is 4.79 Å². The predicted molar refractivity (Wildman–Crippen MR) is 89.2 cm³/mol.